The molecule has 0 aromatic carbocycles. The number of nitrogens with two attached hydrogens (primary N) is 1. The van der Waals surface area contributed by atoms with Gasteiger partial charge in [0, 0.05) is 19.5 Å². The minimum atomic E-state index is -0.264. The maximum Gasteiger partial charge on any atom is 0.322 e. The minimum Gasteiger partial charge on any atom is -0.468 e. The third kappa shape index (κ3) is 7.70. The number of nitrogens with one attached hydrogen (secondary N) is 2. The van der Waals surface area contributed by atoms with Crippen molar-refractivity contribution in [3.63, 3.8) is 0 Å². The van der Waals surface area contributed by atoms with Crippen LogP contribution in [0, 0.1) is 0 Å². The Hall–Kier alpha value is -1.14. The Balaban J connectivity index is 3.55. The van der Waals surface area contributed by atoms with Gasteiger partial charge in [-0.25, -0.2) is 0 Å². The predicted molar refractivity (Wildman–Crippen MR) is 65.4 cm³/mol. The first-order valence-corrected chi connectivity index (χ1v) is 5.87. The highest BCUT2D eigenvalue weighted by Gasteiger charge is 2.15. The van der Waals surface area contributed by atoms with Crippen LogP contribution >= 0.6 is 0 Å². The van der Waals surface area contributed by atoms with Crippen LogP contribution < -0.4 is 16.4 Å². The first-order valence-electron chi connectivity index (χ1n) is 5.87. The molecule has 17 heavy (non-hydrogen) atoms. The maximum absolute atomic E-state index is 11.2. The average molecular weight is 245 g/mol. The van der Waals surface area contributed by atoms with Gasteiger partial charge in [-0.3, -0.25) is 9.59 Å². The van der Waals surface area contributed by atoms with E-state index in [0.29, 0.717) is 25.9 Å². The smallest absolute Gasteiger partial charge is 0.322 e. The summed E-state index contributed by atoms with van der Waals surface area (Å²) >= 11 is 0. The quantitative estimate of drug-likeness (QED) is 0.372. The van der Waals surface area contributed by atoms with Crippen molar-refractivity contribution in [2.24, 2.45) is 5.73 Å². The van der Waals surface area contributed by atoms with Crippen molar-refractivity contribution in [3.05, 3.63) is 0 Å². The van der Waals surface area contributed by atoms with Crippen molar-refractivity contribution >= 4 is 11.9 Å². The highest BCUT2D eigenvalue weighted by atomic mass is 16.5. The number of methoxy groups -OCH3 is 1. The van der Waals surface area contributed by atoms with E-state index in [2.05, 4.69) is 15.4 Å². The van der Waals surface area contributed by atoms with E-state index >= 15 is 0 Å². The van der Waals surface area contributed by atoms with Crippen LogP contribution in [0.2, 0.25) is 0 Å². The van der Waals surface area contributed by atoms with E-state index in [0.717, 1.165) is 12.8 Å². The minimum absolute atomic E-state index is 0.0226. The van der Waals surface area contributed by atoms with Crippen molar-refractivity contribution in [2.45, 2.75) is 31.7 Å². The molecule has 0 bridgehead atoms. The molecule has 0 aliphatic rings. The number of hydrogen-bond acceptors (Lipinski definition) is 5. The number of likely N-dealkylation sites (N-methyl/N-ethyl adjacent to an activating group) is 1. The first-order chi connectivity index (χ1) is 8.15. The molecule has 0 saturated heterocycles. The van der Waals surface area contributed by atoms with Crippen molar-refractivity contribution in [1.82, 2.24) is 10.6 Å². The molecular weight excluding hydrogens is 222 g/mol. The van der Waals surface area contributed by atoms with Gasteiger partial charge in [0.25, 0.3) is 0 Å². The number of esters is 1. The van der Waals surface area contributed by atoms with E-state index < -0.39 is 0 Å². The molecule has 0 aliphatic carbocycles. The summed E-state index contributed by atoms with van der Waals surface area (Å²) in [5.41, 5.74) is 5.25. The number of ether oxygens (including phenoxy) is 1. The van der Waals surface area contributed by atoms with Crippen molar-refractivity contribution in [1.29, 1.82) is 0 Å². The van der Waals surface area contributed by atoms with Crippen LogP contribution in [-0.2, 0) is 14.3 Å². The normalized spacial score (nSPS) is 11.9. The Labute approximate surface area is 102 Å². The molecule has 0 saturated carbocycles. The lowest BCUT2D eigenvalue weighted by atomic mass is 10.1. The van der Waals surface area contributed by atoms with Crippen molar-refractivity contribution in [3.8, 4) is 0 Å². The summed E-state index contributed by atoms with van der Waals surface area (Å²) in [6.45, 7) is 0.993. The number of unbranched alkanes of at least 4 members (excludes halogenated alkanes) is 1. The van der Waals surface area contributed by atoms with E-state index in [1.165, 1.54) is 7.11 Å². The average Bonchev–Trinajstić information content (AvgIpc) is 2.33. The molecule has 6 heteroatoms. The number of amides is 1. The van der Waals surface area contributed by atoms with Crippen LogP contribution in [0.1, 0.15) is 25.7 Å². The van der Waals surface area contributed by atoms with Crippen LogP contribution in [0.25, 0.3) is 0 Å². The SMILES string of the molecule is CN[C@@H](CCCCNC(=O)CCN)C(=O)OC. The third-order valence-corrected chi connectivity index (χ3v) is 2.45. The lowest BCUT2D eigenvalue weighted by Crippen LogP contribution is -2.35. The molecule has 4 N–H and O–H groups in total. The number of carbonyl (C=O) groups is 2. The van der Waals surface area contributed by atoms with Gasteiger partial charge in [-0.05, 0) is 26.3 Å². The summed E-state index contributed by atoms with van der Waals surface area (Å²) in [5, 5.41) is 5.66. The summed E-state index contributed by atoms with van der Waals surface area (Å²) in [5.74, 6) is -0.273. The summed E-state index contributed by atoms with van der Waals surface area (Å²) in [6.07, 6.45) is 2.76. The Morgan fingerprint density at radius 2 is 2.06 bits per heavy atom. The molecule has 0 radical (unpaired) electrons. The Kier molecular flexibility index (Phi) is 9.37. The molecule has 0 unspecified atom stereocenters. The van der Waals surface area contributed by atoms with E-state index in [1.807, 2.05) is 0 Å². The molecule has 0 aromatic heterocycles. The summed E-state index contributed by atoms with van der Waals surface area (Å²) in [6, 6.07) is -0.264. The van der Waals surface area contributed by atoms with Gasteiger partial charge in [0.15, 0.2) is 0 Å². The van der Waals surface area contributed by atoms with Crippen LogP contribution in [0.3, 0.4) is 0 Å². The second-order valence-electron chi connectivity index (χ2n) is 3.75. The highest BCUT2D eigenvalue weighted by molar-refractivity contribution is 5.76. The topological polar surface area (TPSA) is 93.5 Å². The van der Waals surface area contributed by atoms with Crippen LogP contribution in [0.15, 0.2) is 0 Å². The van der Waals surface area contributed by atoms with Gasteiger partial charge >= 0.3 is 5.97 Å². The molecule has 6 nitrogen and oxygen atoms in total. The van der Waals surface area contributed by atoms with Gasteiger partial charge in [0.2, 0.25) is 5.91 Å². The Morgan fingerprint density at radius 1 is 1.35 bits per heavy atom. The molecule has 0 heterocycles. The van der Waals surface area contributed by atoms with Crippen molar-refractivity contribution < 1.29 is 14.3 Å². The first kappa shape index (κ1) is 15.9. The van der Waals surface area contributed by atoms with E-state index in [9.17, 15) is 9.59 Å². The van der Waals surface area contributed by atoms with Gasteiger partial charge < -0.3 is 21.1 Å². The summed E-state index contributed by atoms with van der Waals surface area (Å²) < 4.78 is 4.65. The van der Waals surface area contributed by atoms with Gasteiger partial charge in [-0.2, -0.15) is 0 Å². The maximum atomic E-state index is 11.2. The fraction of sp³-hybridized carbons (Fsp3) is 0.818. The second kappa shape index (κ2) is 10.0. The van der Waals surface area contributed by atoms with E-state index in [1.54, 1.807) is 7.05 Å². The third-order valence-electron chi connectivity index (χ3n) is 2.45. The molecule has 1 amide bonds. The zero-order valence-corrected chi connectivity index (χ0v) is 10.6. The Morgan fingerprint density at radius 3 is 2.59 bits per heavy atom. The van der Waals surface area contributed by atoms with Gasteiger partial charge in [-0.1, -0.05) is 0 Å². The van der Waals surface area contributed by atoms with Crippen molar-refractivity contribution in [2.75, 3.05) is 27.2 Å². The second-order valence-corrected chi connectivity index (χ2v) is 3.75. The molecule has 0 aliphatic heterocycles. The zero-order chi connectivity index (χ0) is 13.1. The monoisotopic (exact) mass is 245 g/mol. The molecule has 100 valence electrons. The predicted octanol–water partition coefficient (Wildman–Crippen LogP) is -0.617. The zero-order valence-electron chi connectivity index (χ0n) is 10.6. The van der Waals surface area contributed by atoms with Crippen LogP contribution in [0.4, 0.5) is 0 Å². The highest BCUT2D eigenvalue weighted by Crippen LogP contribution is 2.01. The van der Waals surface area contributed by atoms with E-state index in [4.69, 9.17) is 5.73 Å². The van der Waals surface area contributed by atoms with Crippen LogP contribution in [-0.4, -0.2) is 45.2 Å². The molecule has 0 rings (SSSR count). The molecule has 0 aromatic rings. The molecule has 1 atom stereocenters. The molecule has 0 fully saturated rings. The van der Waals surface area contributed by atoms with E-state index in [-0.39, 0.29) is 17.9 Å². The molecular formula is C11H23N3O3. The van der Waals surface area contributed by atoms with Gasteiger partial charge in [0.05, 0.1) is 7.11 Å². The van der Waals surface area contributed by atoms with Gasteiger partial charge in [0.1, 0.15) is 6.04 Å². The van der Waals surface area contributed by atoms with Crippen LogP contribution in [0.5, 0.6) is 0 Å². The summed E-state index contributed by atoms with van der Waals surface area (Å²) in [4.78, 5) is 22.3. The Bertz CT molecular complexity index is 234. The lowest BCUT2D eigenvalue weighted by molar-refractivity contribution is -0.143. The fourth-order valence-electron chi connectivity index (χ4n) is 1.44. The fourth-order valence-corrected chi connectivity index (χ4v) is 1.44. The summed E-state index contributed by atoms with van der Waals surface area (Å²) in [7, 11) is 3.10. The largest absolute Gasteiger partial charge is 0.468 e. The number of carbonyl (C=O) groups excluding carboxylic acids is 2. The van der Waals surface area contributed by atoms with Gasteiger partial charge in [-0.15, -0.1) is 0 Å². The molecule has 0 spiro atoms. The standard InChI is InChI=1S/C11H23N3O3/c1-13-9(11(16)17-2)5-3-4-8-14-10(15)6-7-12/h9,13H,3-8,12H2,1-2H3,(H,14,15)/t9-/m0/s1. The number of rotatable bonds is 9. The number of hydrogen-bond donors (Lipinski definition) is 3. The lowest BCUT2D eigenvalue weighted by Gasteiger charge is -2.13.